The van der Waals surface area contributed by atoms with E-state index in [1.165, 1.54) is 26.4 Å². The third-order valence-electron chi connectivity index (χ3n) is 3.38. The molecule has 0 saturated heterocycles. The van der Waals surface area contributed by atoms with E-state index in [2.05, 4.69) is 10.5 Å². The van der Waals surface area contributed by atoms with Crippen LogP contribution in [0.1, 0.15) is 21.5 Å². The number of carbonyl (C=O) groups is 1. The number of hydrazone groups is 1. The molecular weight excluding hydrogens is 353 g/mol. The molecule has 138 valence electrons. The molecule has 0 spiro atoms. The Balaban J connectivity index is 2.12. The van der Waals surface area contributed by atoms with E-state index in [1.54, 1.807) is 0 Å². The highest BCUT2D eigenvalue weighted by Gasteiger charge is 2.30. The zero-order chi connectivity index (χ0) is 19.3. The van der Waals surface area contributed by atoms with Gasteiger partial charge in [0.15, 0.2) is 0 Å². The first-order valence-electron chi connectivity index (χ1n) is 7.22. The van der Waals surface area contributed by atoms with Gasteiger partial charge in [-0.05, 0) is 24.3 Å². The highest BCUT2D eigenvalue weighted by atomic mass is 19.4. The highest BCUT2D eigenvalue weighted by molar-refractivity contribution is 5.95. The number of methoxy groups -OCH3 is 2. The molecule has 0 aliphatic carbocycles. The maximum atomic E-state index is 12.5. The standard InChI is InChI=1S/C17H15F3N2O4/c1-25-12-7-14(23)13(15(8-12)26-2)9-21-22-16(24)10-3-5-11(6-4-10)17(18,19)20/h3-9,23H,1-2H3,(H,22,24)/b21-9+. The summed E-state index contributed by atoms with van der Waals surface area (Å²) in [5, 5.41) is 13.6. The van der Waals surface area contributed by atoms with E-state index in [4.69, 9.17) is 9.47 Å². The summed E-state index contributed by atoms with van der Waals surface area (Å²) in [4.78, 5) is 11.9. The molecule has 26 heavy (non-hydrogen) atoms. The Bertz CT molecular complexity index is 818. The largest absolute Gasteiger partial charge is 0.507 e. The number of nitrogens with one attached hydrogen (secondary N) is 1. The van der Waals surface area contributed by atoms with Crippen molar-refractivity contribution >= 4 is 12.1 Å². The number of rotatable bonds is 5. The minimum absolute atomic E-state index is 0.000989. The molecule has 9 heteroatoms. The number of aromatic hydroxyl groups is 1. The lowest BCUT2D eigenvalue weighted by Crippen LogP contribution is -2.18. The molecule has 0 aliphatic rings. The molecule has 0 radical (unpaired) electrons. The highest BCUT2D eigenvalue weighted by Crippen LogP contribution is 2.32. The van der Waals surface area contributed by atoms with E-state index in [0.717, 1.165) is 30.5 Å². The van der Waals surface area contributed by atoms with Crippen LogP contribution >= 0.6 is 0 Å². The minimum Gasteiger partial charge on any atom is -0.507 e. The van der Waals surface area contributed by atoms with Gasteiger partial charge in [-0.15, -0.1) is 0 Å². The van der Waals surface area contributed by atoms with Gasteiger partial charge < -0.3 is 14.6 Å². The fraction of sp³-hybridized carbons (Fsp3) is 0.176. The summed E-state index contributed by atoms with van der Waals surface area (Å²) in [6.45, 7) is 0. The molecule has 0 saturated carbocycles. The molecule has 1 amide bonds. The Morgan fingerprint density at radius 3 is 2.35 bits per heavy atom. The van der Waals surface area contributed by atoms with Gasteiger partial charge in [-0.3, -0.25) is 4.79 Å². The van der Waals surface area contributed by atoms with Crippen LogP contribution in [0, 0.1) is 0 Å². The minimum atomic E-state index is -4.48. The number of carbonyl (C=O) groups excluding carboxylic acids is 1. The molecular formula is C17H15F3N2O4. The van der Waals surface area contributed by atoms with Crippen molar-refractivity contribution in [3.05, 3.63) is 53.1 Å². The quantitative estimate of drug-likeness (QED) is 0.627. The van der Waals surface area contributed by atoms with Crippen LogP contribution in [-0.2, 0) is 6.18 Å². The number of ether oxygens (including phenoxy) is 2. The van der Waals surface area contributed by atoms with Crippen LogP contribution in [0.3, 0.4) is 0 Å². The van der Waals surface area contributed by atoms with Crippen molar-refractivity contribution in [1.29, 1.82) is 0 Å². The Morgan fingerprint density at radius 2 is 1.81 bits per heavy atom. The van der Waals surface area contributed by atoms with Crippen LogP contribution in [0.4, 0.5) is 13.2 Å². The Morgan fingerprint density at radius 1 is 1.15 bits per heavy atom. The lowest BCUT2D eigenvalue weighted by atomic mass is 10.1. The second kappa shape index (κ2) is 7.77. The van der Waals surface area contributed by atoms with E-state index < -0.39 is 17.6 Å². The zero-order valence-corrected chi connectivity index (χ0v) is 13.8. The summed E-state index contributed by atoms with van der Waals surface area (Å²) in [6, 6.07) is 6.53. The van der Waals surface area contributed by atoms with Crippen LogP contribution in [0.2, 0.25) is 0 Å². The van der Waals surface area contributed by atoms with Gasteiger partial charge in [0.25, 0.3) is 5.91 Å². The number of phenols is 1. The zero-order valence-electron chi connectivity index (χ0n) is 13.8. The normalized spacial score (nSPS) is 11.4. The molecule has 0 bridgehead atoms. The van der Waals surface area contributed by atoms with Gasteiger partial charge in [0, 0.05) is 17.7 Å². The van der Waals surface area contributed by atoms with Gasteiger partial charge in [0.05, 0.1) is 31.6 Å². The Kier molecular flexibility index (Phi) is 5.71. The van der Waals surface area contributed by atoms with Crippen LogP contribution < -0.4 is 14.9 Å². The van der Waals surface area contributed by atoms with Crippen molar-refractivity contribution < 1.29 is 32.5 Å². The first-order valence-corrected chi connectivity index (χ1v) is 7.22. The molecule has 0 atom stereocenters. The number of benzene rings is 2. The monoisotopic (exact) mass is 368 g/mol. The molecule has 2 N–H and O–H groups in total. The molecule has 0 heterocycles. The van der Waals surface area contributed by atoms with Crippen molar-refractivity contribution in [3.8, 4) is 17.2 Å². The lowest BCUT2D eigenvalue weighted by molar-refractivity contribution is -0.137. The van der Waals surface area contributed by atoms with Gasteiger partial charge >= 0.3 is 6.18 Å². The number of hydrogen-bond acceptors (Lipinski definition) is 5. The number of nitrogens with zero attached hydrogens (tertiary/aromatic N) is 1. The first-order chi connectivity index (χ1) is 12.3. The second-order valence-electron chi connectivity index (χ2n) is 5.04. The fourth-order valence-electron chi connectivity index (χ4n) is 2.03. The predicted octanol–water partition coefficient (Wildman–Crippen LogP) is 3.19. The molecule has 0 aliphatic heterocycles. The number of phenolic OH excluding ortho intramolecular Hbond substituents is 1. The number of hydrogen-bond donors (Lipinski definition) is 2. The molecule has 0 fully saturated rings. The van der Waals surface area contributed by atoms with Crippen molar-refractivity contribution in [3.63, 3.8) is 0 Å². The summed E-state index contributed by atoms with van der Waals surface area (Å²) < 4.78 is 47.6. The van der Waals surface area contributed by atoms with Gasteiger partial charge in [-0.2, -0.15) is 18.3 Å². The van der Waals surface area contributed by atoms with Crippen LogP contribution in [-0.4, -0.2) is 31.4 Å². The van der Waals surface area contributed by atoms with Crippen molar-refractivity contribution in [2.24, 2.45) is 5.10 Å². The summed E-state index contributed by atoms with van der Waals surface area (Å²) >= 11 is 0. The third kappa shape index (κ3) is 4.44. The maximum absolute atomic E-state index is 12.5. The van der Waals surface area contributed by atoms with Crippen molar-refractivity contribution in [1.82, 2.24) is 5.43 Å². The predicted molar refractivity (Wildman–Crippen MR) is 87.7 cm³/mol. The number of halogens is 3. The SMILES string of the molecule is COc1cc(O)c(/C=N/NC(=O)c2ccc(C(F)(F)F)cc2)c(OC)c1. The summed E-state index contributed by atoms with van der Waals surface area (Å²) in [7, 11) is 2.80. The van der Waals surface area contributed by atoms with Gasteiger partial charge in [-0.1, -0.05) is 0 Å². The van der Waals surface area contributed by atoms with E-state index >= 15 is 0 Å². The summed E-state index contributed by atoms with van der Waals surface area (Å²) in [6.07, 6.45) is -3.33. The Hall–Kier alpha value is -3.23. The molecule has 0 unspecified atom stereocenters. The van der Waals surface area contributed by atoms with Crippen molar-refractivity contribution in [2.75, 3.05) is 14.2 Å². The summed E-state index contributed by atoms with van der Waals surface area (Å²) in [5.74, 6) is -0.268. The van der Waals surface area contributed by atoms with Crippen molar-refractivity contribution in [2.45, 2.75) is 6.18 Å². The van der Waals surface area contributed by atoms with E-state index in [0.29, 0.717) is 5.75 Å². The van der Waals surface area contributed by atoms with E-state index in [1.807, 2.05) is 0 Å². The number of amides is 1. The molecule has 6 nitrogen and oxygen atoms in total. The summed E-state index contributed by atoms with van der Waals surface area (Å²) in [5.41, 5.74) is 1.50. The van der Waals surface area contributed by atoms with Gasteiger partial charge in [0.2, 0.25) is 0 Å². The fourth-order valence-corrected chi connectivity index (χ4v) is 2.03. The van der Waals surface area contributed by atoms with Crippen LogP contribution in [0.15, 0.2) is 41.5 Å². The average Bonchev–Trinajstić information content (AvgIpc) is 2.61. The molecule has 2 aromatic rings. The van der Waals surface area contributed by atoms with Crippen LogP contribution in [0.25, 0.3) is 0 Å². The molecule has 2 aromatic carbocycles. The molecule has 2 rings (SSSR count). The van der Waals surface area contributed by atoms with Crippen LogP contribution in [0.5, 0.6) is 17.2 Å². The third-order valence-corrected chi connectivity index (χ3v) is 3.38. The smallest absolute Gasteiger partial charge is 0.416 e. The first kappa shape index (κ1) is 19.1. The van der Waals surface area contributed by atoms with E-state index in [-0.39, 0.29) is 22.6 Å². The Labute approximate surface area is 146 Å². The van der Waals surface area contributed by atoms with E-state index in [9.17, 15) is 23.1 Å². The topological polar surface area (TPSA) is 80.2 Å². The van der Waals surface area contributed by atoms with Gasteiger partial charge in [0.1, 0.15) is 17.2 Å². The van der Waals surface area contributed by atoms with Gasteiger partial charge in [-0.25, -0.2) is 5.43 Å². The number of alkyl halides is 3. The molecule has 0 aromatic heterocycles. The average molecular weight is 368 g/mol. The second-order valence-corrected chi connectivity index (χ2v) is 5.04. The maximum Gasteiger partial charge on any atom is 0.416 e. The lowest BCUT2D eigenvalue weighted by Gasteiger charge is -2.09.